The Morgan fingerprint density at radius 3 is 2.82 bits per heavy atom. The fourth-order valence-corrected chi connectivity index (χ4v) is 2.14. The molecular weight excluding hydrogens is 239 g/mol. The van der Waals surface area contributed by atoms with Crippen molar-refractivity contribution in [1.29, 1.82) is 0 Å². The number of halogens is 1. The second-order valence-corrected chi connectivity index (χ2v) is 4.35. The van der Waals surface area contributed by atoms with Crippen LogP contribution in [0.1, 0.15) is 0 Å². The highest BCUT2D eigenvalue weighted by Gasteiger charge is 2.04. The van der Waals surface area contributed by atoms with Gasteiger partial charge in [0, 0.05) is 18.0 Å². The summed E-state index contributed by atoms with van der Waals surface area (Å²) in [5.41, 5.74) is 5.57. The molecule has 6 heteroatoms. The van der Waals surface area contributed by atoms with Crippen LogP contribution >= 0.6 is 11.8 Å². The smallest absolute Gasteiger partial charge is 0.223 e. The van der Waals surface area contributed by atoms with Crippen LogP contribution in [-0.4, -0.2) is 17.0 Å². The van der Waals surface area contributed by atoms with E-state index in [0.717, 1.165) is 4.90 Å². The van der Waals surface area contributed by atoms with E-state index in [-0.39, 0.29) is 11.8 Å². The van der Waals surface area contributed by atoms with Gasteiger partial charge >= 0.3 is 0 Å². The van der Waals surface area contributed by atoms with Gasteiger partial charge in [0.15, 0.2) is 0 Å². The highest BCUT2D eigenvalue weighted by molar-refractivity contribution is 7.99. The molecule has 1 heterocycles. The lowest BCUT2D eigenvalue weighted by Gasteiger charge is -2.04. The number of aromatic nitrogens is 2. The number of nitrogens with two attached hydrogens (primary N) is 1. The van der Waals surface area contributed by atoms with E-state index in [2.05, 4.69) is 15.3 Å². The van der Waals surface area contributed by atoms with E-state index in [1.807, 2.05) is 6.07 Å². The Labute approximate surface area is 102 Å². The predicted octanol–water partition coefficient (Wildman–Crippen LogP) is 2.39. The lowest BCUT2D eigenvalue weighted by atomic mass is 10.4. The number of hydrogen-bond donors (Lipinski definition) is 2. The SMILES string of the molecule is CNc1cc(Sc2cccc(F)c2)nc(N)n1. The third-order valence-corrected chi connectivity index (χ3v) is 2.90. The summed E-state index contributed by atoms with van der Waals surface area (Å²) in [6, 6.07) is 8.07. The maximum atomic E-state index is 13.0. The first-order valence-corrected chi connectivity index (χ1v) is 5.75. The van der Waals surface area contributed by atoms with Gasteiger partial charge < -0.3 is 11.1 Å². The molecule has 0 unspecified atom stereocenters. The van der Waals surface area contributed by atoms with Crippen LogP contribution in [0.3, 0.4) is 0 Å². The van der Waals surface area contributed by atoms with Crippen molar-refractivity contribution in [3.05, 3.63) is 36.1 Å². The van der Waals surface area contributed by atoms with Gasteiger partial charge in [-0.3, -0.25) is 0 Å². The van der Waals surface area contributed by atoms with Crippen LogP contribution in [0.5, 0.6) is 0 Å². The van der Waals surface area contributed by atoms with Gasteiger partial charge in [-0.05, 0) is 18.2 Å². The molecule has 0 saturated heterocycles. The quantitative estimate of drug-likeness (QED) is 0.819. The number of nitrogens with one attached hydrogen (secondary N) is 1. The molecule has 17 heavy (non-hydrogen) atoms. The molecule has 0 aliphatic rings. The Bertz CT molecular complexity index is 533. The zero-order chi connectivity index (χ0) is 12.3. The minimum Gasteiger partial charge on any atom is -0.373 e. The van der Waals surface area contributed by atoms with Crippen LogP contribution in [-0.2, 0) is 0 Å². The third kappa shape index (κ3) is 3.07. The molecule has 0 saturated carbocycles. The number of rotatable bonds is 3. The molecule has 1 aromatic carbocycles. The van der Waals surface area contributed by atoms with Crippen LogP contribution in [0, 0.1) is 5.82 Å². The van der Waals surface area contributed by atoms with Crippen molar-refractivity contribution in [3.63, 3.8) is 0 Å². The van der Waals surface area contributed by atoms with Crippen LogP contribution in [0.15, 0.2) is 40.3 Å². The first-order valence-electron chi connectivity index (χ1n) is 4.93. The normalized spacial score (nSPS) is 10.2. The number of nitrogens with zero attached hydrogens (tertiary/aromatic N) is 2. The van der Waals surface area contributed by atoms with Gasteiger partial charge in [0.05, 0.1) is 0 Å². The van der Waals surface area contributed by atoms with Crippen molar-refractivity contribution in [3.8, 4) is 0 Å². The van der Waals surface area contributed by atoms with Gasteiger partial charge in [-0.25, -0.2) is 9.37 Å². The van der Waals surface area contributed by atoms with Crippen molar-refractivity contribution in [2.24, 2.45) is 0 Å². The lowest BCUT2D eigenvalue weighted by Crippen LogP contribution is -2.00. The highest BCUT2D eigenvalue weighted by atomic mass is 32.2. The van der Waals surface area contributed by atoms with Crippen molar-refractivity contribution in [2.45, 2.75) is 9.92 Å². The zero-order valence-corrected chi connectivity index (χ0v) is 9.96. The molecule has 1 aromatic heterocycles. The second-order valence-electron chi connectivity index (χ2n) is 3.26. The van der Waals surface area contributed by atoms with Gasteiger partial charge in [-0.1, -0.05) is 17.8 Å². The number of nitrogen functional groups attached to an aromatic ring is 1. The zero-order valence-electron chi connectivity index (χ0n) is 9.14. The molecule has 3 N–H and O–H groups in total. The first-order chi connectivity index (χ1) is 8.17. The summed E-state index contributed by atoms with van der Waals surface area (Å²) in [6.07, 6.45) is 0. The van der Waals surface area contributed by atoms with Crippen molar-refractivity contribution >= 4 is 23.5 Å². The molecule has 0 aliphatic heterocycles. The van der Waals surface area contributed by atoms with E-state index in [4.69, 9.17) is 5.73 Å². The van der Waals surface area contributed by atoms with Gasteiger partial charge in [-0.15, -0.1) is 0 Å². The topological polar surface area (TPSA) is 63.8 Å². The minimum absolute atomic E-state index is 0.191. The number of hydrogen-bond acceptors (Lipinski definition) is 5. The summed E-state index contributed by atoms with van der Waals surface area (Å²) in [6.45, 7) is 0. The molecule has 0 bridgehead atoms. The molecule has 2 rings (SSSR count). The van der Waals surface area contributed by atoms with Crippen LogP contribution in [0.25, 0.3) is 0 Å². The Kier molecular flexibility index (Phi) is 3.43. The fourth-order valence-electron chi connectivity index (χ4n) is 1.27. The molecule has 4 nitrogen and oxygen atoms in total. The molecule has 2 aromatic rings. The molecule has 0 atom stereocenters. The van der Waals surface area contributed by atoms with Gasteiger partial charge in [-0.2, -0.15) is 4.98 Å². The fraction of sp³-hybridized carbons (Fsp3) is 0.0909. The maximum Gasteiger partial charge on any atom is 0.223 e. The summed E-state index contributed by atoms with van der Waals surface area (Å²) >= 11 is 1.33. The van der Waals surface area contributed by atoms with Gasteiger partial charge in [0.2, 0.25) is 5.95 Å². The van der Waals surface area contributed by atoms with E-state index < -0.39 is 0 Å². The van der Waals surface area contributed by atoms with Crippen LogP contribution in [0.2, 0.25) is 0 Å². The van der Waals surface area contributed by atoms with E-state index >= 15 is 0 Å². The van der Waals surface area contributed by atoms with Gasteiger partial charge in [0.1, 0.15) is 16.7 Å². The largest absolute Gasteiger partial charge is 0.373 e. The molecule has 0 fully saturated rings. The lowest BCUT2D eigenvalue weighted by molar-refractivity contribution is 0.624. The Morgan fingerprint density at radius 2 is 2.12 bits per heavy atom. The van der Waals surface area contributed by atoms with Crippen molar-refractivity contribution in [2.75, 3.05) is 18.1 Å². The minimum atomic E-state index is -0.272. The second kappa shape index (κ2) is 5.01. The average Bonchev–Trinajstić information content (AvgIpc) is 2.28. The van der Waals surface area contributed by atoms with E-state index in [1.54, 1.807) is 19.2 Å². The highest BCUT2D eigenvalue weighted by Crippen LogP contribution is 2.28. The van der Waals surface area contributed by atoms with E-state index in [1.165, 1.54) is 23.9 Å². The monoisotopic (exact) mass is 250 g/mol. The number of benzene rings is 1. The third-order valence-electron chi connectivity index (χ3n) is 1.99. The van der Waals surface area contributed by atoms with Gasteiger partial charge in [0.25, 0.3) is 0 Å². The molecule has 0 spiro atoms. The van der Waals surface area contributed by atoms with E-state index in [0.29, 0.717) is 10.8 Å². The average molecular weight is 250 g/mol. The molecule has 88 valence electrons. The molecular formula is C11H11FN4S. The standard InChI is InChI=1S/C11H11FN4S/c1-14-9-6-10(16-11(13)15-9)17-8-4-2-3-7(12)5-8/h2-6H,1H3,(H3,13,14,15,16). The summed E-state index contributed by atoms with van der Waals surface area (Å²) in [7, 11) is 1.75. The van der Waals surface area contributed by atoms with Crippen LogP contribution in [0.4, 0.5) is 16.2 Å². The first kappa shape index (κ1) is 11.7. The summed E-state index contributed by atoms with van der Waals surface area (Å²) in [4.78, 5) is 8.82. The molecule has 0 amide bonds. The Hall–Kier alpha value is -1.82. The predicted molar refractivity (Wildman–Crippen MR) is 66.5 cm³/mol. The van der Waals surface area contributed by atoms with E-state index in [9.17, 15) is 4.39 Å². The summed E-state index contributed by atoms with van der Waals surface area (Å²) in [5.74, 6) is 0.554. The van der Waals surface area contributed by atoms with Crippen molar-refractivity contribution in [1.82, 2.24) is 9.97 Å². The number of anilines is 2. The van der Waals surface area contributed by atoms with Crippen LogP contribution < -0.4 is 11.1 Å². The van der Waals surface area contributed by atoms with Crippen molar-refractivity contribution < 1.29 is 4.39 Å². The molecule has 0 radical (unpaired) electrons. The summed E-state index contributed by atoms with van der Waals surface area (Å²) < 4.78 is 13.0. The Balaban J connectivity index is 2.26. The summed E-state index contributed by atoms with van der Waals surface area (Å²) in [5, 5.41) is 3.56. The molecule has 0 aliphatic carbocycles. The maximum absolute atomic E-state index is 13.0. The Morgan fingerprint density at radius 1 is 1.29 bits per heavy atom.